The molecule has 0 saturated carbocycles. The summed E-state index contributed by atoms with van der Waals surface area (Å²) in [5, 5.41) is 11.8. The molecular weight excluding hydrogens is 317 g/mol. The highest BCUT2D eigenvalue weighted by molar-refractivity contribution is 7.98. The number of rotatable bonds is 3. The Morgan fingerprint density at radius 2 is 1.86 bits per heavy atom. The van der Waals surface area contributed by atoms with Crippen LogP contribution in [0.15, 0.2) is 39.3 Å². The number of aryl methyl sites for hydroxylation is 1. The fourth-order valence-electron chi connectivity index (χ4n) is 1.55. The highest BCUT2D eigenvalue weighted by Crippen LogP contribution is 2.28. The minimum Gasteiger partial charge on any atom is -0.265 e. The lowest BCUT2D eigenvalue weighted by molar-refractivity contribution is -0.137. The molecule has 9 heteroatoms. The smallest absolute Gasteiger partial charge is 0.265 e. The third kappa shape index (κ3) is 3.53. The van der Waals surface area contributed by atoms with Crippen LogP contribution in [0.25, 0.3) is 0 Å². The molecule has 0 bridgehead atoms. The van der Waals surface area contributed by atoms with Crippen molar-refractivity contribution in [2.24, 2.45) is 5.10 Å². The van der Waals surface area contributed by atoms with E-state index in [9.17, 15) is 18.0 Å². The molecule has 2 rings (SSSR count). The first-order valence-electron chi connectivity index (χ1n) is 6.05. The van der Waals surface area contributed by atoms with E-state index in [1.807, 2.05) is 0 Å². The number of benzene rings is 1. The van der Waals surface area contributed by atoms with Crippen molar-refractivity contribution in [2.75, 3.05) is 6.26 Å². The molecule has 0 aliphatic rings. The predicted molar refractivity (Wildman–Crippen MR) is 77.2 cm³/mol. The van der Waals surface area contributed by atoms with Crippen LogP contribution in [0, 0.1) is 6.92 Å². The number of alkyl halides is 3. The van der Waals surface area contributed by atoms with Crippen LogP contribution in [-0.4, -0.2) is 27.3 Å². The molecule has 2 aromatic rings. The molecule has 0 unspecified atom stereocenters. The van der Waals surface area contributed by atoms with Gasteiger partial charge in [0.2, 0.25) is 5.16 Å². The summed E-state index contributed by atoms with van der Waals surface area (Å²) in [6, 6.07) is 4.46. The lowest BCUT2D eigenvalue weighted by atomic mass is 10.1. The van der Waals surface area contributed by atoms with Crippen molar-refractivity contribution in [3.05, 3.63) is 51.4 Å². The molecular formula is C13H11F3N4OS. The van der Waals surface area contributed by atoms with Crippen LogP contribution in [0.2, 0.25) is 0 Å². The zero-order valence-electron chi connectivity index (χ0n) is 11.6. The van der Waals surface area contributed by atoms with E-state index >= 15 is 0 Å². The molecule has 1 aromatic heterocycles. The molecule has 0 amide bonds. The van der Waals surface area contributed by atoms with Crippen LogP contribution < -0.4 is 5.56 Å². The van der Waals surface area contributed by atoms with E-state index in [-0.39, 0.29) is 5.69 Å². The van der Waals surface area contributed by atoms with Gasteiger partial charge in [-0.1, -0.05) is 23.9 Å². The van der Waals surface area contributed by atoms with Crippen LogP contribution >= 0.6 is 11.8 Å². The summed E-state index contributed by atoms with van der Waals surface area (Å²) in [5.41, 5.74) is -0.556. The molecule has 5 nitrogen and oxygen atoms in total. The van der Waals surface area contributed by atoms with Crippen molar-refractivity contribution in [3.8, 4) is 0 Å². The first-order chi connectivity index (χ1) is 10.3. The Balaban J connectivity index is 2.33. The number of thioether (sulfide) groups is 1. The minimum atomic E-state index is -4.38. The van der Waals surface area contributed by atoms with Crippen LogP contribution in [0.3, 0.4) is 0 Å². The normalized spacial score (nSPS) is 12.0. The number of halogens is 3. The molecule has 0 aliphatic carbocycles. The summed E-state index contributed by atoms with van der Waals surface area (Å²) in [5.74, 6) is 0. The van der Waals surface area contributed by atoms with E-state index < -0.39 is 17.3 Å². The first-order valence-corrected chi connectivity index (χ1v) is 7.27. The molecule has 0 N–H and O–H groups in total. The molecule has 1 heterocycles. The second-order valence-electron chi connectivity index (χ2n) is 4.25. The largest absolute Gasteiger partial charge is 0.416 e. The highest BCUT2D eigenvalue weighted by Gasteiger charge is 2.29. The number of aromatic nitrogens is 3. The highest BCUT2D eigenvalue weighted by atomic mass is 32.2. The van der Waals surface area contributed by atoms with E-state index in [4.69, 9.17) is 0 Å². The molecule has 0 radical (unpaired) electrons. The zero-order chi connectivity index (χ0) is 16.3. The van der Waals surface area contributed by atoms with E-state index in [1.54, 1.807) is 6.26 Å². The van der Waals surface area contributed by atoms with Crippen molar-refractivity contribution in [1.82, 2.24) is 14.9 Å². The summed E-state index contributed by atoms with van der Waals surface area (Å²) < 4.78 is 38.5. The lowest BCUT2D eigenvalue weighted by Crippen LogP contribution is -2.23. The molecule has 0 spiro atoms. The third-order valence-corrected chi connectivity index (χ3v) is 3.33. The van der Waals surface area contributed by atoms with Gasteiger partial charge in [-0.2, -0.15) is 22.9 Å². The van der Waals surface area contributed by atoms with Gasteiger partial charge in [0.05, 0.1) is 11.8 Å². The van der Waals surface area contributed by atoms with E-state index in [0.29, 0.717) is 10.7 Å². The van der Waals surface area contributed by atoms with Crippen molar-refractivity contribution in [3.63, 3.8) is 0 Å². The summed E-state index contributed by atoms with van der Waals surface area (Å²) in [6.07, 6.45) is -1.38. The van der Waals surface area contributed by atoms with Crippen LogP contribution in [0.5, 0.6) is 0 Å². The summed E-state index contributed by atoms with van der Waals surface area (Å²) in [7, 11) is 0. The standard InChI is InChI=1S/C13H11F3N4OS/c1-8-11(21)20(12(22-2)19-18-8)17-7-9-3-5-10(6-4-9)13(14,15)16/h3-7H,1-2H3/b17-7-. The van der Waals surface area contributed by atoms with Gasteiger partial charge < -0.3 is 0 Å². The molecule has 22 heavy (non-hydrogen) atoms. The van der Waals surface area contributed by atoms with Crippen LogP contribution in [0.4, 0.5) is 13.2 Å². The van der Waals surface area contributed by atoms with E-state index in [2.05, 4.69) is 15.3 Å². The summed E-state index contributed by atoms with van der Waals surface area (Å²) in [4.78, 5) is 11.9. The first kappa shape index (κ1) is 16.2. The Kier molecular flexibility index (Phi) is 4.65. The average molecular weight is 328 g/mol. The molecule has 0 atom stereocenters. The maximum absolute atomic E-state index is 12.5. The van der Waals surface area contributed by atoms with Gasteiger partial charge in [0.25, 0.3) is 5.56 Å². The Morgan fingerprint density at radius 1 is 1.23 bits per heavy atom. The lowest BCUT2D eigenvalue weighted by Gasteiger charge is -2.06. The number of hydrogen-bond acceptors (Lipinski definition) is 5. The van der Waals surface area contributed by atoms with Crippen LogP contribution in [0.1, 0.15) is 16.8 Å². The zero-order valence-corrected chi connectivity index (χ0v) is 12.4. The van der Waals surface area contributed by atoms with Gasteiger partial charge in [-0.25, -0.2) is 0 Å². The number of nitrogens with zero attached hydrogens (tertiary/aromatic N) is 4. The molecule has 1 aromatic carbocycles. The SMILES string of the molecule is CSc1nnc(C)c(=O)n1/N=C\c1ccc(C(F)(F)F)cc1. The Morgan fingerprint density at radius 3 is 2.41 bits per heavy atom. The maximum atomic E-state index is 12.5. The second kappa shape index (κ2) is 6.30. The number of hydrogen-bond donors (Lipinski definition) is 0. The minimum absolute atomic E-state index is 0.183. The summed E-state index contributed by atoms with van der Waals surface area (Å²) in [6.45, 7) is 1.50. The topological polar surface area (TPSA) is 60.1 Å². The van der Waals surface area contributed by atoms with Crippen molar-refractivity contribution < 1.29 is 13.2 Å². The molecule has 0 fully saturated rings. The van der Waals surface area contributed by atoms with Crippen molar-refractivity contribution in [1.29, 1.82) is 0 Å². The van der Waals surface area contributed by atoms with E-state index in [1.165, 1.54) is 37.0 Å². The van der Waals surface area contributed by atoms with Gasteiger partial charge in [0, 0.05) is 0 Å². The van der Waals surface area contributed by atoms with E-state index in [0.717, 1.165) is 16.8 Å². The van der Waals surface area contributed by atoms with Crippen molar-refractivity contribution in [2.45, 2.75) is 18.3 Å². The predicted octanol–water partition coefficient (Wildman–Crippen LogP) is 2.57. The van der Waals surface area contributed by atoms with Gasteiger partial charge in [-0.05, 0) is 30.9 Å². The molecule has 0 saturated heterocycles. The summed E-state index contributed by atoms with van der Waals surface area (Å²) >= 11 is 1.19. The Bertz CT molecular complexity index is 753. The Hall–Kier alpha value is -2.16. The maximum Gasteiger partial charge on any atom is 0.416 e. The van der Waals surface area contributed by atoms with Gasteiger partial charge in [-0.15, -0.1) is 10.2 Å². The van der Waals surface area contributed by atoms with Crippen LogP contribution in [-0.2, 0) is 6.18 Å². The van der Waals surface area contributed by atoms with Gasteiger partial charge in [-0.3, -0.25) is 4.79 Å². The fraction of sp³-hybridized carbons (Fsp3) is 0.231. The molecule has 116 valence electrons. The quantitative estimate of drug-likeness (QED) is 0.642. The fourth-order valence-corrected chi connectivity index (χ4v) is 1.98. The van der Waals surface area contributed by atoms with Gasteiger partial charge in [0.15, 0.2) is 0 Å². The second-order valence-corrected chi connectivity index (χ2v) is 5.03. The molecule has 0 aliphatic heterocycles. The van der Waals surface area contributed by atoms with Crippen molar-refractivity contribution >= 4 is 18.0 Å². The van der Waals surface area contributed by atoms with Gasteiger partial charge in [0.1, 0.15) is 5.69 Å². The van der Waals surface area contributed by atoms with Gasteiger partial charge >= 0.3 is 6.18 Å². The average Bonchev–Trinajstić information content (AvgIpc) is 2.48. The third-order valence-electron chi connectivity index (χ3n) is 2.71. The monoisotopic (exact) mass is 328 g/mol. The Labute approximate surface area is 127 Å².